The summed E-state index contributed by atoms with van der Waals surface area (Å²) in [6.45, 7) is 4.49. The lowest BCUT2D eigenvalue weighted by molar-refractivity contribution is 0.259. The van der Waals surface area contributed by atoms with E-state index in [2.05, 4.69) is 19.2 Å². The minimum atomic E-state index is 0.326. The molecule has 0 amide bonds. The van der Waals surface area contributed by atoms with Crippen molar-refractivity contribution in [3.05, 3.63) is 24.2 Å². The molecule has 0 bridgehead atoms. The molecule has 1 unspecified atom stereocenters. The summed E-state index contributed by atoms with van der Waals surface area (Å²) in [5.41, 5.74) is 0. The second-order valence-electron chi connectivity index (χ2n) is 5.09. The summed E-state index contributed by atoms with van der Waals surface area (Å²) < 4.78 is 5.42. The van der Waals surface area contributed by atoms with E-state index in [-0.39, 0.29) is 0 Å². The summed E-state index contributed by atoms with van der Waals surface area (Å²) in [4.78, 5) is 0. The maximum Gasteiger partial charge on any atom is 0.120 e. The van der Waals surface area contributed by atoms with Gasteiger partial charge in [0.05, 0.1) is 12.3 Å². The molecule has 1 aliphatic carbocycles. The molecule has 16 heavy (non-hydrogen) atoms. The van der Waals surface area contributed by atoms with Crippen LogP contribution < -0.4 is 5.32 Å². The molecule has 2 heteroatoms. The smallest absolute Gasteiger partial charge is 0.120 e. The van der Waals surface area contributed by atoms with Gasteiger partial charge in [0.15, 0.2) is 0 Å². The third kappa shape index (κ3) is 2.88. The second-order valence-corrected chi connectivity index (χ2v) is 5.09. The van der Waals surface area contributed by atoms with Crippen LogP contribution in [-0.4, -0.2) is 6.04 Å². The molecule has 1 aliphatic rings. The van der Waals surface area contributed by atoms with Crippen molar-refractivity contribution in [1.82, 2.24) is 5.32 Å². The van der Waals surface area contributed by atoms with Crippen molar-refractivity contribution in [3.8, 4) is 0 Å². The highest BCUT2D eigenvalue weighted by atomic mass is 16.3. The summed E-state index contributed by atoms with van der Waals surface area (Å²) in [5, 5.41) is 3.66. The van der Waals surface area contributed by atoms with E-state index in [1.54, 1.807) is 6.26 Å². The molecule has 1 N–H and O–H groups in total. The molecule has 1 fully saturated rings. The van der Waals surface area contributed by atoms with Gasteiger partial charge in [-0.15, -0.1) is 0 Å². The van der Waals surface area contributed by atoms with Gasteiger partial charge in [-0.1, -0.05) is 19.3 Å². The summed E-state index contributed by atoms with van der Waals surface area (Å²) in [7, 11) is 0. The van der Waals surface area contributed by atoms with Crippen LogP contribution in [0.5, 0.6) is 0 Å². The highest BCUT2D eigenvalue weighted by Gasteiger charge is 2.21. The van der Waals surface area contributed by atoms with E-state index in [1.807, 2.05) is 12.1 Å². The van der Waals surface area contributed by atoms with Gasteiger partial charge in [-0.2, -0.15) is 0 Å². The summed E-state index contributed by atoms with van der Waals surface area (Å²) in [5.74, 6) is 1.90. The van der Waals surface area contributed by atoms with Gasteiger partial charge in [-0.3, -0.25) is 0 Å². The molecule has 2 nitrogen and oxygen atoms in total. The van der Waals surface area contributed by atoms with Crippen molar-refractivity contribution in [3.63, 3.8) is 0 Å². The molecule has 0 saturated heterocycles. The molecule has 1 saturated carbocycles. The second kappa shape index (κ2) is 5.53. The first-order valence-electron chi connectivity index (χ1n) is 6.57. The molecule has 0 aliphatic heterocycles. The van der Waals surface area contributed by atoms with E-state index in [0.717, 1.165) is 11.7 Å². The highest BCUT2D eigenvalue weighted by molar-refractivity contribution is 5.03. The van der Waals surface area contributed by atoms with Crippen molar-refractivity contribution in [2.24, 2.45) is 5.92 Å². The van der Waals surface area contributed by atoms with Crippen LogP contribution in [0.25, 0.3) is 0 Å². The third-order valence-electron chi connectivity index (χ3n) is 3.84. The number of furan rings is 1. The Balaban J connectivity index is 1.84. The van der Waals surface area contributed by atoms with E-state index in [1.165, 1.54) is 32.1 Å². The van der Waals surface area contributed by atoms with Crippen LogP contribution in [0.15, 0.2) is 22.8 Å². The SMILES string of the molecule is CC(N[C@H](C)c1ccco1)C1CCCCC1. The van der Waals surface area contributed by atoms with E-state index in [0.29, 0.717) is 12.1 Å². The zero-order valence-corrected chi connectivity index (χ0v) is 10.4. The molecule has 0 spiro atoms. The monoisotopic (exact) mass is 221 g/mol. The molecule has 0 radical (unpaired) electrons. The molecular weight excluding hydrogens is 198 g/mol. The Morgan fingerprint density at radius 3 is 2.62 bits per heavy atom. The molecule has 90 valence electrons. The lowest BCUT2D eigenvalue weighted by Crippen LogP contribution is -2.36. The minimum Gasteiger partial charge on any atom is -0.468 e. The van der Waals surface area contributed by atoms with E-state index in [9.17, 15) is 0 Å². The Morgan fingerprint density at radius 2 is 2.00 bits per heavy atom. The Labute approximate surface area is 98.4 Å². The third-order valence-corrected chi connectivity index (χ3v) is 3.84. The minimum absolute atomic E-state index is 0.326. The van der Waals surface area contributed by atoms with Crippen LogP contribution in [0.4, 0.5) is 0 Å². The highest BCUT2D eigenvalue weighted by Crippen LogP contribution is 2.27. The quantitative estimate of drug-likeness (QED) is 0.834. The molecule has 1 aromatic rings. The predicted molar refractivity (Wildman–Crippen MR) is 66.3 cm³/mol. The van der Waals surface area contributed by atoms with Crippen LogP contribution in [0.2, 0.25) is 0 Å². The fraction of sp³-hybridized carbons (Fsp3) is 0.714. The fourth-order valence-corrected chi connectivity index (χ4v) is 2.78. The normalized spacial score (nSPS) is 21.9. The van der Waals surface area contributed by atoms with Gasteiger partial charge in [0.1, 0.15) is 5.76 Å². The predicted octanol–water partition coefficient (Wildman–Crippen LogP) is 3.90. The van der Waals surface area contributed by atoms with Gasteiger partial charge in [-0.05, 0) is 44.7 Å². The van der Waals surface area contributed by atoms with Crippen LogP contribution in [0, 0.1) is 5.92 Å². The Kier molecular flexibility index (Phi) is 4.05. The first-order valence-corrected chi connectivity index (χ1v) is 6.57. The summed E-state index contributed by atoms with van der Waals surface area (Å²) in [6, 6.07) is 4.93. The first kappa shape index (κ1) is 11.7. The molecular formula is C14H23NO. The molecule has 2 atom stereocenters. The van der Waals surface area contributed by atoms with Crippen molar-refractivity contribution in [2.45, 2.75) is 58.0 Å². The zero-order valence-electron chi connectivity index (χ0n) is 10.4. The molecule has 1 heterocycles. The lowest BCUT2D eigenvalue weighted by atomic mass is 9.84. The fourth-order valence-electron chi connectivity index (χ4n) is 2.78. The zero-order chi connectivity index (χ0) is 11.4. The van der Waals surface area contributed by atoms with Gasteiger partial charge in [0, 0.05) is 6.04 Å². The van der Waals surface area contributed by atoms with Crippen LogP contribution >= 0.6 is 0 Å². The number of rotatable bonds is 4. The van der Waals surface area contributed by atoms with Crippen LogP contribution in [0.3, 0.4) is 0 Å². The Bertz CT molecular complexity index is 288. The van der Waals surface area contributed by atoms with Gasteiger partial charge >= 0.3 is 0 Å². The van der Waals surface area contributed by atoms with Crippen LogP contribution in [0.1, 0.15) is 57.8 Å². The van der Waals surface area contributed by atoms with Crippen molar-refractivity contribution >= 4 is 0 Å². The molecule has 2 rings (SSSR count). The Hall–Kier alpha value is -0.760. The largest absolute Gasteiger partial charge is 0.468 e. The average molecular weight is 221 g/mol. The Morgan fingerprint density at radius 1 is 1.25 bits per heavy atom. The lowest BCUT2D eigenvalue weighted by Gasteiger charge is -2.30. The number of hydrogen-bond acceptors (Lipinski definition) is 2. The standard InChI is InChI=1S/C14H23NO/c1-11(13-7-4-3-5-8-13)15-12(2)14-9-6-10-16-14/h6,9-13,15H,3-5,7-8H2,1-2H3/t11?,12-/m1/s1. The van der Waals surface area contributed by atoms with Gasteiger partial charge < -0.3 is 9.73 Å². The van der Waals surface area contributed by atoms with E-state index < -0.39 is 0 Å². The number of nitrogens with one attached hydrogen (secondary N) is 1. The maximum atomic E-state index is 5.42. The van der Waals surface area contributed by atoms with Crippen LogP contribution in [-0.2, 0) is 0 Å². The van der Waals surface area contributed by atoms with Gasteiger partial charge in [0.25, 0.3) is 0 Å². The topological polar surface area (TPSA) is 25.2 Å². The van der Waals surface area contributed by atoms with Gasteiger partial charge in [-0.25, -0.2) is 0 Å². The first-order chi connectivity index (χ1) is 7.77. The average Bonchev–Trinajstić information content (AvgIpc) is 2.83. The van der Waals surface area contributed by atoms with Crippen molar-refractivity contribution in [1.29, 1.82) is 0 Å². The van der Waals surface area contributed by atoms with Crippen molar-refractivity contribution < 1.29 is 4.42 Å². The van der Waals surface area contributed by atoms with E-state index in [4.69, 9.17) is 4.42 Å². The summed E-state index contributed by atoms with van der Waals surface area (Å²) >= 11 is 0. The van der Waals surface area contributed by atoms with E-state index >= 15 is 0 Å². The maximum absolute atomic E-state index is 5.42. The molecule has 1 aromatic heterocycles. The van der Waals surface area contributed by atoms with Crippen molar-refractivity contribution in [2.75, 3.05) is 0 Å². The molecule has 0 aromatic carbocycles. The van der Waals surface area contributed by atoms with Gasteiger partial charge in [0.2, 0.25) is 0 Å². The summed E-state index contributed by atoms with van der Waals surface area (Å²) in [6.07, 6.45) is 8.77. The number of hydrogen-bond donors (Lipinski definition) is 1.